The SMILES string of the molecule is CN=C(NCC(=O)NC(C)(C)C)NCc1ccccc1S(=O)(=O)N(C)C. The summed E-state index contributed by atoms with van der Waals surface area (Å²) < 4.78 is 26.0. The number of amides is 1. The highest BCUT2D eigenvalue weighted by atomic mass is 32.2. The van der Waals surface area contributed by atoms with Crippen LogP contribution < -0.4 is 16.0 Å². The highest BCUT2D eigenvalue weighted by molar-refractivity contribution is 7.89. The first-order valence-electron chi connectivity index (χ1n) is 8.23. The molecule has 0 radical (unpaired) electrons. The molecule has 0 atom stereocenters. The third-order valence-electron chi connectivity index (χ3n) is 3.33. The fourth-order valence-electron chi connectivity index (χ4n) is 2.12. The average Bonchev–Trinajstić information content (AvgIpc) is 2.53. The molecule has 26 heavy (non-hydrogen) atoms. The molecule has 1 amide bonds. The van der Waals surface area contributed by atoms with Crippen molar-refractivity contribution in [3.8, 4) is 0 Å². The van der Waals surface area contributed by atoms with Gasteiger partial charge in [-0.2, -0.15) is 0 Å². The molecule has 0 bridgehead atoms. The van der Waals surface area contributed by atoms with Crippen LogP contribution in [0.2, 0.25) is 0 Å². The summed E-state index contributed by atoms with van der Waals surface area (Å²) in [6.45, 7) is 6.03. The van der Waals surface area contributed by atoms with Gasteiger partial charge in [-0.15, -0.1) is 0 Å². The Morgan fingerprint density at radius 2 is 1.77 bits per heavy atom. The van der Waals surface area contributed by atoms with Crippen molar-refractivity contribution >= 4 is 21.9 Å². The molecule has 1 aromatic rings. The van der Waals surface area contributed by atoms with Gasteiger partial charge in [-0.05, 0) is 32.4 Å². The molecule has 0 fully saturated rings. The molecule has 3 N–H and O–H groups in total. The zero-order valence-electron chi connectivity index (χ0n) is 16.3. The van der Waals surface area contributed by atoms with Gasteiger partial charge in [-0.3, -0.25) is 9.79 Å². The van der Waals surface area contributed by atoms with Crippen LogP contribution in [0.3, 0.4) is 0 Å². The molecule has 0 aliphatic carbocycles. The maximum absolute atomic E-state index is 12.4. The van der Waals surface area contributed by atoms with Crippen LogP contribution in [-0.4, -0.2) is 57.8 Å². The molecule has 0 aliphatic rings. The van der Waals surface area contributed by atoms with Crippen LogP contribution in [0.15, 0.2) is 34.2 Å². The topological polar surface area (TPSA) is 103 Å². The number of guanidine groups is 1. The van der Waals surface area contributed by atoms with Crippen LogP contribution in [0.1, 0.15) is 26.3 Å². The van der Waals surface area contributed by atoms with Crippen molar-refractivity contribution in [3.63, 3.8) is 0 Å². The van der Waals surface area contributed by atoms with Gasteiger partial charge >= 0.3 is 0 Å². The van der Waals surface area contributed by atoms with Crippen LogP contribution >= 0.6 is 0 Å². The Kier molecular flexibility index (Phi) is 7.58. The summed E-state index contributed by atoms with van der Waals surface area (Å²) >= 11 is 0. The van der Waals surface area contributed by atoms with Gasteiger partial charge < -0.3 is 16.0 Å². The molecule has 1 rings (SSSR count). The first-order valence-corrected chi connectivity index (χ1v) is 9.67. The summed E-state index contributed by atoms with van der Waals surface area (Å²) in [4.78, 5) is 16.2. The largest absolute Gasteiger partial charge is 0.352 e. The lowest BCUT2D eigenvalue weighted by Gasteiger charge is -2.21. The first kappa shape index (κ1) is 21.9. The van der Waals surface area contributed by atoms with Crippen molar-refractivity contribution < 1.29 is 13.2 Å². The molecular formula is C17H29N5O3S. The summed E-state index contributed by atoms with van der Waals surface area (Å²) in [5.74, 6) is 0.252. The summed E-state index contributed by atoms with van der Waals surface area (Å²) in [5, 5.41) is 8.79. The van der Waals surface area contributed by atoms with Crippen LogP contribution in [0.4, 0.5) is 0 Å². The van der Waals surface area contributed by atoms with Gasteiger partial charge in [0, 0.05) is 33.2 Å². The molecule has 8 nitrogen and oxygen atoms in total. The number of nitrogens with one attached hydrogen (secondary N) is 3. The van der Waals surface area contributed by atoms with E-state index < -0.39 is 10.0 Å². The molecule has 0 heterocycles. The van der Waals surface area contributed by atoms with Crippen LogP contribution in [0.25, 0.3) is 0 Å². The van der Waals surface area contributed by atoms with E-state index >= 15 is 0 Å². The fraction of sp³-hybridized carbons (Fsp3) is 0.529. The number of hydrogen-bond acceptors (Lipinski definition) is 4. The Balaban J connectivity index is 2.75. The molecular weight excluding hydrogens is 354 g/mol. The Hall–Kier alpha value is -2.13. The van der Waals surface area contributed by atoms with Crippen molar-refractivity contribution in [2.24, 2.45) is 4.99 Å². The van der Waals surface area contributed by atoms with E-state index in [4.69, 9.17) is 0 Å². The second-order valence-corrected chi connectivity index (χ2v) is 9.09. The van der Waals surface area contributed by atoms with Crippen molar-refractivity contribution in [3.05, 3.63) is 29.8 Å². The smallest absolute Gasteiger partial charge is 0.242 e. The molecule has 0 aromatic heterocycles. The molecule has 9 heteroatoms. The maximum Gasteiger partial charge on any atom is 0.242 e. The summed E-state index contributed by atoms with van der Waals surface area (Å²) in [5.41, 5.74) is 0.304. The van der Waals surface area contributed by atoms with E-state index in [1.54, 1.807) is 31.3 Å². The fourth-order valence-corrected chi connectivity index (χ4v) is 3.24. The minimum Gasteiger partial charge on any atom is -0.352 e. The first-order chi connectivity index (χ1) is 12.0. The quantitative estimate of drug-likeness (QED) is 0.491. The monoisotopic (exact) mass is 383 g/mol. The van der Waals surface area contributed by atoms with E-state index in [-0.39, 0.29) is 29.4 Å². The zero-order chi connectivity index (χ0) is 20.0. The van der Waals surface area contributed by atoms with Crippen LogP contribution in [-0.2, 0) is 21.4 Å². The Bertz CT molecular complexity index is 752. The van der Waals surface area contributed by atoms with Gasteiger partial charge in [0.25, 0.3) is 0 Å². The molecule has 0 spiro atoms. The maximum atomic E-state index is 12.4. The van der Waals surface area contributed by atoms with Crippen molar-refractivity contribution in [2.45, 2.75) is 37.8 Å². The van der Waals surface area contributed by atoms with Crippen molar-refractivity contribution in [1.29, 1.82) is 0 Å². The molecule has 0 unspecified atom stereocenters. The van der Waals surface area contributed by atoms with Crippen LogP contribution in [0, 0.1) is 0 Å². The van der Waals surface area contributed by atoms with E-state index in [0.29, 0.717) is 11.5 Å². The summed E-state index contributed by atoms with van der Waals surface area (Å²) in [6, 6.07) is 6.77. The highest BCUT2D eigenvalue weighted by Crippen LogP contribution is 2.18. The number of sulfonamides is 1. The lowest BCUT2D eigenvalue weighted by Crippen LogP contribution is -2.48. The van der Waals surface area contributed by atoms with Gasteiger partial charge in [0.1, 0.15) is 0 Å². The number of carbonyl (C=O) groups excluding carboxylic acids is 1. The number of hydrogen-bond donors (Lipinski definition) is 3. The van der Waals surface area contributed by atoms with Crippen molar-refractivity contribution in [2.75, 3.05) is 27.7 Å². The highest BCUT2D eigenvalue weighted by Gasteiger charge is 2.20. The van der Waals surface area contributed by atoms with Gasteiger partial charge in [-0.25, -0.2) is 12.7 Å². The zero-order valence-corrected chi connectivity index (χ0v) is 17.1. The van der Waals surface area contributed by atoms with Gasteiger partial charge in [0.2, 0.25) is 15.9 Å². The second kappa shape index (κ2) is 9.00. The molecule has 146 valence electrons. The third-order valence-corrected chi connectivity index (χ3v) is 5.25. The van der Waals surface area contributed by atoms with Gasteiger partial charge in [0.15, 0.2) is 5.96 Å². The molecule has 0 saturated heterocycles. The molecule has 1 aromatic carbocycles. The average molecular weight is 384 g/mol. The van der Waals surface area contributed by atoms with Crippen molar-refractivity contribution in [1.82, 2.24) is 20.3 Å². The van der Waals surface area contributed by atoms with E-state index in [0.717, 1.165) is 0 Å². The number of benzene rings is 1. The predicted molar refractivity (Wildman–Crippen MR) is 103 cm³/mol. The Morgan fingerprint density at radius 1 is 1.15 bits per heavy atom. The number of aliphatic imine (C=N–C) groups is 1. The third kappa shape index (κ3) is 6.64. The van der Waals surface area contributed by atoms with Gasteiger partial charge in [-0.1, -0.05) is 18.2 Å². The van der Waals surface area contributed by atoms with E-state index in [9.17, 15) is 13.2 Å². The van der Waals surface area contributed by atoms with E-state index in [1.807, 2.05) is 20.8 Å². The lowest BCUT2D eigenvalue weighted by atomic mass is 10.1. The minimum atomic E-state index is -3.54. The minimum absolute atomic E-state index is 0.0641. The standard InChI is InChI=1S/C17H29N5O3S/c1-17(2,3)21-15(23)12-20-16(18-4)19-11-13-9-7-8-10-14(13)26(24,25)22(5)6/h7-10H,11-12H2,1-6H3,(H,21,23)(H2,18,19,20). The number of carbonyl (C=O) groups is 1. The van der Waals surface area contributed by atoms with E-state index in [2.05, 4.69) is 20.9 Å². The molecule has 0 aliphatic heterocycles. The lowest BCUT2D eigenvalue weighted by molar-refractivity contribution is -0.121. The Labute approximate surface area is 156 Å². The normalized spacial score (nSPS) is 12.8. The predicted octanol–water partition coefficient (Wildman–Crippen LogP) is 0.517. The molecule has 0 saturated carbocycles. The van der Waals surface area contributed by atoms with Crippen LogP contribution in [0.5, 0.6) is 0 Å². The summed E-state index contributed by atoms with van der Waals surface area (Å²) in [6.07, 6.45) is 0. The van der Waals surface area contributed by atoms with Gasteiger partial charge in [0.05, 0.1) is 11.4 Å². The number of rotatable bonds is 6. The Morgan fingerprint density at radius 3 is 2.31 bits per heavy atom. The second-order valence-electron chi connectivity index (χ2n) is 6.97. The summed E-state index contributed by atoms with van der Waals surface area (Å²) in [7, 11) is 1.03. The van der Waals surface area contributed by atoms with E-state index in [1.165, 1.54) is 18.4 Å². The number of nitrogens with zero attached hydrogens (tertiary/aromatic N) is 2.